The Kier molecular flexibility index (Phi) is 4.76. The Bertz CT molecular complexity index is 349. The highest BCUT2D eigenvalue weighted by Gasteiger charge is 2.08. The molecule has 0 amide bonds. The molecule has 0 aliphatic carbocycles. The van der Waals surface area contributed by atoms with Gasteiger partial charge in [0.25, 0.3) is 0 Å². The van der Waals surface area contributed by atoms with E-state index in [4.69, 9.17) is 11.1 Å². The molecule has 0 fully saturated rings. The van der Waals surface area contributed by atoms with Crippen molar-refractivity contribution in [2.75, 3.05) is 18.5 Å². The molecule has 16 heavy (non-hydrogen) atoms. The van der Waals surface area contributed by atoms with Crippen molar-refractivity contribution >= 4 is 11.5 Å². The van der Waals surface area contributed by atoms with E-state index in [0.717, 1.165) is 24.2 Å². The van der Waals surface area contributed by atoms with E-state index in [0.29, 0.717) is 0 Å². The number of nitrogens with zero attached hydrogens (tertiary/aromatic N) is 2. The SMILES string of the molecule is CCCCCN(C)c1cnccc1C(=N)N. The van der Waals surface area contributed by atoms with Gasteiger partial charge in [0, 0.05) is 25.4 Å². The summed E-state index contributed by atoms with van der Waals surface area (Å²) in [5, 5.41) is 7.51. The Morgan fingerprint density at radius 3 is 2.88 bits per heavy atom. The van der Waals surface area contributed by atoms with Crippen molar-refractivity contribution in [3.05, 3.63) is 24.0 Å². The van der Waals surface area contributed by atoms with Crippen LogP contribution in [0, 0.1) is 5.41 Å². The van der Waals surface area contributed by atoms with Crippen molar-refractivity contribution in [2.45, 2.75) is 26.2 Å². The molecule has 0 saturated heterocycles. The maximum atomic E-state index is 7.51. The Labute approximate surface area is 97.0 Å². The van der Waals surface area contributed by atoms with Gasteiger partial charge >= 0.3 is 0 Å². The van der Waals surface area contributed by atoms with E-state index in [1.165, 1.54) is 12.8 Å². The zero-order chi connectivity index (χ0) is 12.0. The average molecular weight is 220 g/mol. The lowest BCUT2D eigenvalue weighted by Crippen LogP contribution is -2.23. The molecule has 0 spiro atoms. The summed E-state index contributed by atoms with van der Waals surface area (Å²) in [5.74, 6) is 0.0970. The highest BCUT2D eigenvalue weighted by atomic mass is 15.1. The summed E-state index contributed by atoms with van der Waals surface area (Å²) in [6.07, 6.45) is 7.02. The van der Waals surface area contributed by atoms with Crippen LogP contribution in [0.4, 0.5) is 5.69 Å². The first-order chi connectivity index (χ1) is 7.66. The molecule has 0 atom stereocenters. The number of hydrogen-bond acceptors (Lipinski definition) is 3. The topological polar surface area (TPSA) is 66.0 Å². The number of pyridine rings is 1. The Balaban J connectivity index is 2.74. The van der Waals surface area contributed by atoms with E-state index >= 15 is 0 Å². The minimum atomic E-state index is 0.0970. The van der Waals surface area contributed by atoms with Crippen molar-refractivity contribution < 1.29 is 0 Å². The second-order valence-electron chi connectivity index (χ2n) is 3.94. The van der Waals surface area contributed by atoms with E-state index in [2.05, 4.69) is 16.8 Å². The molecule has 0 unspecified atom stereocenters. The van der Waals surface area contributed by atoms with Crippen LogP contribution in [0.15, 0.2) is 18.5 Å². The first kappa shape index (κ1) is 12.5. The van der Waals surface area contributed by atoms with E-state index in [-0.39, 0.29) is 5.84 Å². The predicted octanol–water partition coefficient (Wildman–Crippen LogP) is 1.99. The quantitative estimate of drug-likeness (QED) is 0.438. The maximum Gasteiger partial charge on any atom is 0.125 e. The van der Waals surface area contributed by atoms with Crippen LogP contribution in [-0.2, 0) is 0 Å². The van der Waals surface area contributed by atoms with Gasteiger partial charge in [0.1, 0.15) is 5.84 Å². The molecule has 0 radical (unpaired) electrons. The third-order valence-corrected chi connectivity index (χ3v) is 2.60. The molecular weight excluding hydrogens is 200 g/mol. The molecule has 1 aromatic heterocycles. The molecule has 4 heteroatoms. The average Bonchev–Trinajstić information content (AvgIpc) is 2.29. The zero-order valence-corrected chi connectivity index (χ0v) is 10.0. The minimum Gasteiger partial charge on any atom is -0.384 e. The number of anilines is 1. The fourth-order valence-corrected chi connectivity index (χ4v) is 1.64. The molecule has 0 aliphatic heterocycles. The summed E-state index contributed by atoms with van der Waals surface area (Å²) in [4.78, 5) is 6.19. The van der Waals surface area contributed by atoms with Gasteiger partial charge in [0.2, 0.25) is 0 Å². The second-order valence-corrected chi connectivity index (χ2v) is 3.94. The van der Waals surface area contributed by atoms with Crippen LogP contribution >= 0.6 is 0 Å². The molecule has 3 N–H and O–H groups in total. The summed E-state index contributed by atoms with van der Waals surface area (Å²) in [6, 6.07) is 1.79. The highest BCUT2D eigenvalue weighted by molar-refractivity contribution is 6.00. The highest BCUT2D eigenvalue weighted by Crippen LogP contribution is 2.17. The molecule has 0 bridgehead atoms. The molecular formula is C12H20N4. The van der Waals surface area contributed by atoms with Crippen molar-refractivity contribution in [1.29, 1.82) is 5.41 Å². The maximum absolute atomic E-state index is 7.51. The van der Waals surface area contributed by atoms with Gasteiger partial charge in [-0.2, -0.15) is 0 Å². The van der Waals surface area contributed by atoms with Crippen LogP contribution in [-0.4, -0.2) is 24.4 Å². The van der Waals surface area contributed by atoms with Gasteiger partial charge in [-0.25, -0.2) is 0 Å². The third kappa shape index (κ3) is 3.22. The normalized spacial score (nSPS) is 10.1. The molecule has 88 valence electrons. The summed E-state index contributed by atoms with van der Waals surface area (Å²) in [5.41, 5.74) is 7.23. The minimum absolute atomic E-state index is 0.0970. The molecule has 1 heterocycles. The number of nitrogens with two attached hydrogens (primary N) is 1. The van der Waals surface area contributed by atoms with Gasteiger partial charge in [-0.3, -0.25) is 10.4 Å². The van der Waals surface area contributed by atoms with Gasteiger partial charge < -0.3 is 10.6 Å². The number of nitrogens with one attached hydrogen (secondary N) is 1. The Hall–Kier alpha value is -1.58. The lowest BCUT2D eigenvalue weighted by atomic mass is 10.2. The summed E-state index contributed by atoms with van der Waals surface area (Å²) in [7, 11) is 2.01. The van der Waals surface area contributed by atoms with Crippen LogP contribution in [0.3, 0.4) is 0 Å². The lowest BCUT2D eigenvalue weighted by molar-refractivity contribution is 0.704. The largest absolute Gasteiger partial charge is 0.384 e. The molecule has 0 aliphatic rings. The molecule has 1 aromatic rings. The van der Waals surface area contributed by atoms with Crippen molar-refractivity contribution in [3.8, 4) is 0 Å². The Morgan fingerprint density at radius 2 is 2.25 bits per heavy atom. The van der Waals surface area contributed by atoms with Gasteiger partial charge in [-0.1, -0.05) is 19.8 Å². The van der Waals surface area contributed by atoms with Crippen LogP contribution in [0.25, 0.3) is 0 Å². The number of aromatic nitrogens is 1. The smallest absolute Gasteiger partial charge is 0.125 e. The van der Waals surface area contributed by atoms with E-state index in [1.807, 2.05) is 7.05 Å². The van der Waals surface area contributed by atoms with Crippen molar-refractivity contribution in [2.24, 2.45) is 5.73 Å². The summed E-state index contributed by atoms with van der Waals surface area (Å²) >= 11 is 0. The molecule has 4 nitrogen and oxygen atoms in total. The number of hydrogen-bond donors (Lipinski definition) is 2. The van der Waals surface area contributed by atoms with E-state index in [9.17, 15) is 0 Å². The number of amidine groups is 1. The van der Waals surface area contributed by atoms with Gasteiger partial charge in [-0.05, 0) is 12.5 Å². The van der Waals surface area contributed by atoms with E-state index in [1.54, 1.807) is 18.5 Å². The first-order valence-corrected chi connectivity index (χ1v) is 5.66. The lowest BCUT2D eigenvalue weighted by Gasteiger charge is -2.21. The fourth-order valence-electron chi connectivity index (χ4n) is 1.64. The molecule has 0 saturated carbocycles. The van der Waals surface area contributed by atoms with E-state index < -0.39 is 0 Å². The van der Waals surface area contributed by atoms with Gasteiger partial charge in [-0.15, -0.1) is 0 Å². The fraction of sp³-hybridized carbons (Fsp3) is 0.500. The monoisotopic (exact) mass is 220 g/mol. The third-order valence-electron chi connectivity index (χ3n) is 2.60. The van der Waals surface area contributed by atoms with Gasteiger partial charge in [0.15, 0.2) is 0 Å². The van der Waals surface area contributed by atoms with Crippen LogP contribution in [0.1, 0.15) is 31.7 Å². The zero-order valence-electron chi connectivity index (χ0n) is 10.0. The summed E-state index contributed by atoms with van der Waals surface area (Å²) < 4.78 is 0. The van der Waals surface area contributed by atoms with Crippen LogP contribution in [0.2, 0.25) is 0 Å². The Morgan fingerprint density at radius 1 is 1.50 bits per heavy atom. The van der Waals surface area contributed by atoms with Crippen LogP contribution < -0.4 is 10.6 Å². The number of rotatable bonds is 6. The van der Waals surface area contributed by atoms with Crippen molar-refractivity contribution in [1.82, 2.24) is 4.98 Å². The predicted molar refractivity (Wildman–Crippen MR) is 68.0 cm³/mol. The molecule has 1 rings (SSSR count). The summed E-state index contributed by atoms with van der Waals surface area (Å²) in [6.45, 7) is 3.16. The van der Waals surface area contributed by atoms with Crippen molar-refractivity contribution in [3.63, 3.8) is 0 Å². The number of nitrogen functional groups attached to an aromatic ring is 1. The number of unbranched alkanes of at least 4 members (excludes halogenated alkanes) is 2. The van der Waals surface area contributed by atoms with Crippen LogP contribution in [0.5, 0.6) is 0 Å². The standard InChI is InChI=1S/C12H20N4/c1-3-4-5-8-16(2)11-9-15-7-6-10(11)12(13)14/h6-7,9H,3-5,8H2,1-2H3,(H3,13,14). The first-order valence-electron chi connectivity index (χ1n) is 5.66. The molecule has 0 aromatic carbocycles. The van der Waals surface area contributed by atoms with Gasteiger partial charge in [0.05, 0.1) is 11.9 Å². The second kappa shape index (κ2) is 6.10.